The lowest BCUT2D eigenvalue weighted by Crippen LogP contribution is -2.18. The van der Waals surface area contributed by atoms with Crippen LogP contribution < -0.4 is 5.32 Å². The van der Waals surface area contributed by atoms with Crippen LogP contribution in [0.2, 0.25) is 0 Å². The molecule has 0 spiro atoms. The van der Waals surface area contributed by atoms with Crippen LogP contribution in [-0.4, -0.2) is 37.8 Å². The van der Waals surface area contributed by atoms with E-state index in [1.165, 1.54) is 12.8 Å². The van der Waals surface area contributed by atoms with Crippen molar-refractivity contribution in [2.45, 2.75) is 26.2 Å². The first-order chi connectivity index (χ1) is 9.72. The number of aromatic nitrogens is 4. The molecule has 0 saturated heterocycles. The van der Waals surface area contributed by atoms with Crippen LogP contribution >= 0.6 is 0 Å². The summed E-state index contributed by atoms with van der Waals surface area (Å²) in [5.41, 5.74) is 0.261. The zero-order valence-corrected chi connectivity index (χ0v) is 11.6. The highest BCUT2D eigenvalue weighted by molar-refractivity contribution is 5.37. The molecule has 106 valence electrons. The van der Waals surface area contributed by atoms with Gasteiger partial charge in [-0.15, -0.1) is 0 Å². The average molecular weight is 273 g/mol. The van der Waals surface area contributed by atoms with E-state index in [4.69, 9.17) is 5.11 Å². The van der Waals surface area contributed by atoms with Gasteiger partial charge in [-0.3, -0.25) is 9.55 Å². The Balaban J connectivity index is 1.71. The summed E-state index contributed by atoms with van der Waals surface area (Å²) < 4.78 is 1.90. The third kappa shape index (κ3) is 2.65. The summed E-state index contributed by atoms with van der Waals surface area (Å²) in [5.74, 6) is 2.41. The van der Waals surface area contributed by atoms with Gasteiger partial charge in [0, 0.05) is 25.5 Å². The highest BCUT2D eigenvalue weighted by Crippen LogP contribution is 2.48. The van der Waals surface area contributed by atoms with Crippen molar-refractivity contribution in [1.82, 2.24) is 19.5 Å². The van der Waals surface area contributed by atoms with Gasteiger partial charge in [-0.1, -0.05) is 0 Å². The van der Waals surface area contributed by atoms with Gasteiger partial charge in [0.1, 0.15) is 11.6 Å². The Kier molecular flexibility index (Phi) is 3.40. The van der Waals surface area contributed by atoms with E-state index in [-0.39, 0.29) is 12.0 Å². The molecular formula is C14H19N5O. The summed E-state index contributed by atoms with van der Waals surface area (Å²) in [6, 6.07) is 0. The van der Waals surface area contributed by atoms with Gasteiger partial charge in [-0.25, -0.2) is 9.97 Å². The second-order valence-electron chi connectivity index (χ2n) is 5.43. The molecule has 2 N–H and O–H groups in total. The van der Waals surface area contributed by atoms with Gasteiger partial charge in [0.2, 0.25) is 0 Å². The lowest BCUT2D eigenvalue weighted by molar-refractivity contribution is 0.253. The van der Waals surface area contributed by atoms with Gasteiger partial charge in [0.25, 0.3) is 0 Å². The molecule has 6 heteroatoms. The number of nitrogens with zero attached hydrogens (tertiary/aromatic N) is 4. The zero-order valence-electron chi connectivity index (χ0n) is 11.6. The van der Waals surface area contributed by atoms with E-state index >= 15 is 0 Å². The Bertz CT molecular complexity index is 591. The smallest absolute Gasteiger partial charge is 0.159 e. The number of rotatable bonds is 6. The van der Waals surface area contributed by atoms with Crippen LogP contribution in [-0.2, 0) is 0 Å². The molecule has 2 aromatic rings. The largest absolute Gasteiger partial charge is 0.396 e. The van der Waals surface area contributed by atoms with Crippen LogP contribution in [0.15, 0.2) is 24.8 Å². The number of hydrogen-bond donors (Lipinski definition) is 2. The van der Waals surface area contributed by atoms with E-state index in [2.05, 4.69) is 20.3 Å². The Morgan fingerprint density at radius 2 is 2.25 bits per heavy atom. The van der Waals surface area contributed by atoms with Gasteiger partial charge in [-0.05, 0) is 31.6 Å². The monoisotopic (exact) mass is 273 g/mol. The summed E-state index contributed by atoms with van der Waals surface area (Å²) in [4.78, 5) is 13.0. The summed E-state index contributed by atoms with van der Waals surface area (Å²) in [6.07, 6.45) is 10.3. The molecule has 1 aliphatic carbocycles. The third-order valence-corrected chi connectivity index (χ3v) is 3.94. The van der Waals surface area contributed by atoms with Crippen molar-refractivity contribution in [2.24, 2.45) is 5.41 Å². The highest BCUT2D eigenvalue weighted by Gasteiger charge is 2.41. The molecule has 0 unspecified atom stereocenters. The number of imidazole rings is 1. The van der Waals surface area contributed by atoms with Crippen LogP contribution in [0.1, 0.15) is 25.1 Å². The SMILES string of the molecule is Cc1nccn1-c1cncc(NCC2(CCO)CC2)n1. The van der Waals surface area contributed by atoms with Crippen LogP contribution in [0.25, 0.3) is 5.82 Å². The molecule has 1 fully saturated rings. The lowest BCUT2D eigenvalue weighted by Gasteiger charge is -2.15. The molecular weight excluding hydrogens is 254 g/mol. The van der Waals surface area contributed by atoms with E-state index in [9.17, 15) is 0 Å². The molecule has 0 radical (unpaired) electrons. The Labute approximate surface area is 117 Å². The highest BCUT2D eigenvalue weighted by atomic mass is 16.3. The van der Waals surface area contributed by atoms with E-state index in [1.54, 1.807) is 18.6 Å². The number of hydrogen-bond acceptors (Lipinski definition) is 5. The third-order valence-electron chi connectivity index (χ3n) is 3.94. The maximum atomic E-state index is 9.07. The van der Waals surface area contributed by atoms with Crippen molar-refractivity contribution in [3.05, 3.63) is 30.6 Å². The molecule has 0 aromatic carbocycles. The topological polar surface area (TPSA) is 75.9 Å². The number of nitrogens with one attached hydrogen (secondary N) is 1. The van der Waals surface area contributed by atoms with Crippen molar-refractivity contribution in [1.29, 1.82) is 0 Å². The Hall–Kier alpha value is -1.95. The fourth-order valence-corrected chi connectivity index (χ4v) is 2.38. The van der Waals surface area contributed by atoms with Crippen molar-refractivity contribution in [3.8, 4) is 5.82 Å². The van der Waals surface area contributed by atoms with Crippen LogP contribution in [0, 0.1) is 12.3 Å². The quantitative estimate of drug-likeness (QED) is 0.835. The van der Waals surface area contributed by atoms with Crippen molar-refractivity contribution in [3.63, 3.8) is 0 Å². The number of aryl methyl sites for hydroxylation is 1. The molecule has 1 aliphatic rings. The number of anilines is 1. The first-order valence-electron chi connectivity index (χ1n) is 6.90. The average Bonchev–Trinajstić information content (AvgIpc) is 3.09. The summed E-state index contributed by atoms with van der Waals surface area (Å²) >= 11 is 0. The first kappa shape index (κ1) is 13.1. The minimum absolute atomic E-state index is 0.252. The van der Waals surface area contributed by atoms with Crippen molar-refractivity contribution < 1.29 is 5.11 Å². The predicted octanol–water partition coefficient (Wildman–Crippen LogP) is 1.55. The molecule has 0 aliphatic heterocycles. The van der Waals surface area contributed by atoms with E-state index in [1.807, 2.05) is 17.7 Å². The summed E-state index contributed by atoms with van der Waals surface area (Å²) in [6.45, 7) is 3.03. The second kappa shape index (κ2) is 5.20. The summed E-state index contributed by atoms with van der Waals surface area (Å²) in [5, 5.41) is 12.4. The normalized spacial score (nSPS) is 16.1. The van der Waals surface area contributed by atoms with E-state index in [0.717, 1.165) is 30.4 Å². The standard InChI is InChI=1S/C14H19N5O/c1-11-16-5-6-19(11)13-9-15-8-12(18-13)17-10-14(2-3-14)4-7-20/h5-6,8-9,20H,2-4,7,10H2,1H3,(H,17,18). The molecule has 0 bridgehead atoms. The maximum absolute atomic E-state index is 9.07. The van der Waals surface area contributed by atoms with Gasteiger partial charge in [0.15, 0.2) is 5.82 Å². The number of aliphatic hydroxyl groups excluding tert-OH is 1. The van der Waals surface area contributed by atoms with Crippen LogP contribution in [0.4, 0.5) is 5.82 Å². The van der Waals surface area contributed by atoms with E-state index in [0.29, 0.717) is 0 Å². The van der Waals surface area contributed by atoms with Crippen LogP contribution in [0.3, 0.4) is 0 Å². The molecule has 2 heterocycles. The van der Waals surface area contributed by atoms with Gasteiger partial charge < -0.3 is 10.4 Å². The Morgan fingerprint density at radius 1 is 1.40 bits per heavy atom. The predicted molar refractivity (Wildman–Crippen MR) is 75.8 cm³/mol. The van der Waals surface area contributed by atoms with Crippen molar-refractivity contribution >= 4 is 5.82 Å². The molecule has 2 aromatic heterocycles. The molecule has 0 amide bonds. The second-order valence-corrected chi connectivity index (χ2v) is 5.43. The fraction of sp³-hybridized carbons (Fsp3) is 0.500. The molecule has 0 atom stereocenters. The number of aliphatic hydroxyl groups is 1. The summed E-state index contributed by atoms with van der Waals surface area (Å²) in [7, 11) is 0. The fourth-order valence-electron chi connectivity index (χ4n) is 2.38. The first-order valence-corrected chi connectivity index (χ1v) is 6.90. The van der Waals surface area contributed by atoms with Crippen LogP contribution in [0.5, 0.6) is 0 Å². The van der Waals surface area contributed by atoms with Gasteiger partial charge >= 0.3 is 0 Å². The molecule has 20 heavy (non-hydrogen) atoms. The molecule has 3 rings (SSSR count). The molecule has 6 nitrogen and oxygen atoms in total. The van der Waals surface area contributed by atoms with Crippen molar-refractivity contribution in [2.75, 3.05) is 18.5 Å². The molecule has 1 saturated carbocycles. The van der Waals surface area contributed by atoms with Gasteiger partial charge in [0.05, 0.1) is 12.4 Å². The zero-order chi connectivity index (χ0) is 14.0. The minimum atomic E-state index is 0.252. The van der Waals surface area contributed by atoms with Gasteiger partial charge in [-0.2, -0.15) is 0 Å². The maximum Gasteiger partial charge on any atom is 0.159 e. The van der Waals surface area contributed by atoms with E-state index < -0.39 is 0 Å². The minimum Gasteiger partial charge on any atom is -0.396 e. The Morgan fingerprint density at radius 3 is 2.90 bits per heavy atom. The lowest BCUT2D eigenvalue weighted by atomic mass is 10.0.